The van der Waals surface area contributed by atoms with Crippen molar-refractivity contribution in [3.05, 3.63) is 68.6 Å². The average molecular weight is 690 g/mol. The second-order valence-electron chi connectivity index (χ2n) is 7.99. The standard InChI is InChI=1S/C26H30Br2N2O6S2/c1-35-25(33)21(29-13-11-23(31)17-3-7-19(27)8-4-17)15-37-38-16-22(26(34)36-2)30-14-12-24(32)18-5-9-20(28)10-6-18/h3-10,21-22,29-30H,11-16H2,1-2H3. The molecule has 38 heavy (non-hydrogen) atoms. The number of Topliss-reactive ketones (excluding diaryl/α,β-unsaturated/α-hetero) is 2. The van der Waals surface area contributed by atoms with Crippen LogP contribution in [0.2, 0.25) is 0 Å². The molecule has 2 N–H and O–H groups in total. The molecule has 12 heteroatoms. The van der Waals surface area contributed by atoms with E-state index in [-0.39, 0.29) is 24.4 Å². The van der Waals surface area contributed by atoms with E-state index in [1.54, 1.807) is 24.3 Å². The Kier molecular flexibility index (Phi) is 15.2. The highest BCUT2D eigenvalue weighted by Crippen LogP contribution is 2.24. The molecule has 0 saturated carbocycles. The van der Waals surface area contributed by atoms with Crippen LogP contribution in [0.3, 0.4) is 0 Å². The molecule has 0 aliphatic carbocycles. The van der Waals surface area contributed by atoms with Gasteiger partial charge in [0, 0.05) is 57.5 Å². The second-order valence-corrected chi connectivity index (χ2v) is 12.4. The molecule has 0 heterocycles. The molecule has 0 fully saturated rings. The molecule has 0 aromatic heterocycles. The number of benzene rings is 2. The molecule has 2 aromatic rings. The Balaban J connectivity index is 1.77. The Morgan fingerprint density at radius 2 is 1.03 bits per heavy atom. The van der Waals surface area contributed by atoms with E-state index >= 15 is 0 Å². The predicted molar refractivity (Wildman–Crippen MR) is 159 cm³/mol. The largest absolute Gasteiger partial charge is 0.468 e. The summed E-state index contributed by atoms with van der Waals surface area (Å²) in [5, 5.41) is 6.17. The van der Waals surface area contributed by atoms with Crippen LogP contribution >= 0.6 is 53.4 Å². The maximum absolute atomic E-state index is 12.4. The number of ketones is 2. The zero-order chi connectivity index (χ0) is 27.9. The summed E-state index contributed by atoms with van der Waals surface area (Å²) in [6.07, 6.45) is 0.473. The lowest BCUT2D eigenvalue weighted by molar-refractivity contribution is -0.143. The summed E-state index contributed by atoms with van der Waals surface area (Å²) in [6, 6.07) is 13.0. The number of carbonyl (C=O) groups is 4. The van der Waals surface area contributed by atoms with Crippen molar-refractivity contribution in [3.8, 4) is 0 Å². The van der Waals surface area contributed by atoms with Crippen molar-refractivity contribution >= 4 is 77.0 Å². The Bertz CT molecular complexity index is 985. The summed E-state index contributed by atoms with van der Waals surface area (Å²) in [7, 11) is 5.43. The number of methoxy groups -OCH3 is 2. The molecule has 0 bridgehead atoms. The highest BCUT2D eigenvalue weighted by molar-refractivity contribution is 9.10. The minimum absolute atomic E-state index is 0.0266. The first-order valence-electron chi connectivity index (χ1n) is 11.7. The van der Waals surface area contributed by atoms with Gasteiger partial charge in [0.05, 0.1) is 14.2 Å². The van der Waals surface area contributed by atoms with Gasteiger partial charge in [0.15, 0.2) is 11.6 Å². The third kappa shape index (κ3) is 11.6. The third-order valence-electron chi connectivity index (χ3n) is 5.34. The molecule has 2 rings (SSSR count). The van der Waals surface area contributed by atoms with Crippen molar-refractivity contribution in [2.45, 2.75) is 24.9 Å². The Labute approximate surface area is 247 Å². The summed E-state index contributed by atoms with van der Waals surface area (Å²) in [5.74, 6) is -0.159. The van der Waals surface area contributed by atoms with E-state index in [1.165, 1.54) is 35.8 Å². The number of esters is 2. The summed E-state index contributed by atoms with van der Waals surface area (Å²) < 4.78 is 11.6. The van der Waals surface area contributed by atoms with Crippen molar-refractivity contribution in [3.63, 3.8) is 0 Å². The number of nitrogens with one attached hydrogen (secondary N) is 2. The SMILES string of the molecule is COC(=O)C(CSSCC(NCCC(=O)c1ccc(Br)cc1)C(=O)OC)NCCC(=O)c1ccc(Br)cc1. The molecule has 8 nitrogen and oxygen atoms in total. The van der Waals surface area contributed by atoms with Crippen LogP contribution in [0.4, 0.5) is 0 Å². The van der Waals surface area contributed by atoms with Crippen LogP contribution in [0.15, 0.2) is 57.5 Å². The first-order chi connectivity index (χ1) is 18.2. The van der Waals surface area contributed by atoms with Gasteiger partial charge < -0.3 is 20.1 Å². The van der Waals surface area contributed by atoms with Gasteiger partial charge in [-0.25, -0.2) is 0 Å². The molecular weight excluding hydrogens is 660 g/mol. The van der Waals surface area contributed by atoms with Crippen LogP contribution in [-0.4, -0.2) is 74.4 Å². The fourth-order valence-electron chi connectivity index (χ4n) is 3.22. The monoisotopic (exact) mass is 688 g/mol. The van der Waals surface area contributed by atoms with E-state index in [1.807, 2.05) is 24.3 Å². The smallest absolute Gasteiger partial charge is 0.323 e. The molecule has 0 amide bonds. The number of ether oxygens (including phenoxy) is 2. The Hall–Kier alpha value is -1.70. The normalized spacial score (nSPS) is 12.4. The van der Waals surface area contributed by atoms with Gasteiger partial charge in [-0.1, -0.05) is 77.7 Å². The lowest BCUT2D eigenvalue weighted by Crippen LogP contribution is -2.41. The van der Waals surface area contributed by atoms with E-state index in [0.717, 1.165) is 8.95 Å². The van der Waals surface area contributed by atoms with Crippen LogP contribution in [0.1, 0.15) is 33.6 Å². The van der Waals surface area contributed by atoms with Crippen molar-refractivity contribution in [2.24, 2.45) is 0 Å². The molecule has 0 spiro atoms. The number of carbonyl (C=O) groups excluding carboxylic acids is 4. The molecule has 2 unspecified atom stereocenters. The first-order valence-corrected chi connectivity index (χ1v) is 15.8. The molecule has 0 saturated heterocycles. The molecular formula is C26H30Br2N2O6S2. The van der Waals surface area contributed by atoms with Crippen LogP contribution in [-0.2, 0) is 19.1 Å². The van der Waals surface area contributed by atoms with Gasteiger partial charge in [-0.05, 0) is 24.3 Å². The van der Waals surface area contributed by atoms with Gasteiger partial charge in [0.25, 0.3) is 0 Å². The quantitative estimate of drug-likeness (QED) is 0.105. The van der Waals surface area contributed by atoms with Gasteiger partial charge in [0.1, 0.15) is 12.1 Å². The molecule has 206 valence electrons. The van der Waals surface area contributed by atoms with Crippen molar-refractivity contribution in [1.82, 2.24) is 10.6 Å². The Morgan fingerprint density at radius 3 is 1.34 bits per heavy atom. The number of hydrogen-bond donors (Lipinski definition) is 2. The fraction of sp³-hybridized carbons (Fsp3) is 0.385. The van der Waals surface area contributed by atoms with Gasteiger partial charge in [-0.15, -0.1) is 0 Å². The minimum atomic E-state index is -0.608. The lowest BCUT2D eigenvalue weighted by atomic mass is 10.1. The highest BCUT2D eigenvalue weighted by atomic mass is 79.9. The maximum Gasteiger partial charge on any atom is 0.323 e. The molecule has 0 aliphatic heterocycles. The van der Waals surface area contributed by atoms with Gasteiger partial charge in [-0.2, -0.15) is 0 Å². The van der Waals surface area contributed by atoms with Crippen LogP contribution in [0.25, 0.3) is 0 Å². The molecule has 0 aliphatic rings. The van der Waals surface area contributed by atoms with Crippen LogP contribution in [0, 0.1) is 0 Å². The molecule has 0 radical (unpaired) electrons. The lowest BCUT2D eigenvalue weighted by Gasteiger charge is -2.18. The van der Waals surface area contributed by atoms with Crippen LogP contribution < -0.4 is 10.6 Å². The van der Waals surface area contributed by atoms with Crippen molar-refractivity contribution in [1.29, 1.82) is 0 Å². The maximum atomic E-state index is 12.4. The van der Waals surface area contributed by atoms with Crippen LogP contribution in [0.5, 0.6) is 0 Å². The summed E-state index contributed by atoms with van der Waals surface area (Å²) in [4.78, 5) is 49.1. The minimum Gasteiger partial charge on any atom is -0.468 e. The number of hydrogen-bond acceptors (Lipinski definition) is 10. The zero-order valence-electron chi connectivity index (χ0n) is 21.0. The third-order valence-corrected chi connectivity index (χ3v) is 8.82. The van der Waals surface area contributed by atoms with Gasteiger partial charge in [0.2, 0.25) is 0 Å². The van der Waals surface area contributed by atoms with Gasteiger partial charge >= 0.3 is 11.9 Å². The van der Waals surface area contributed by atoms with E-state index in [2.05, 4.69) is 42.5 Å². The van der Waals surface area contributed by atoms with E-state index < -0.39 is 24.0 Å². The molecule has 2 aromatic carbocycles. The number of rotatable bonds is 17. The first kappa shape index (κ1) is 32.5. The number of halogens is 2. The highest BCUT2D eigenvalue weighted by Gasteiger charge is 2.22. The van der Waals surface area contributed by atoms with E-state index in [4.69, 9.17) is 9.47 Å². The molecule has 2 atom stereocenters. The van der Waals surface area contributed by atoms with E-state index in [9.17, 15) is 19.2 Å². The van der Waals surface area contributed by atoms with Gasteiger partial charge in [-0.3, -0.25) is 19.2 Å². The topological polar surface area (TPSA) is 111 Å². The zero-order valence-corrected chi connectivity index (χ0v) is 25.8. The Morgan fingerprint density at radius 1 is 0.684 bits per heavy atom. The second kappa shape index (κ2) is 17.8. The predicted octanol–water partition coefficient (Wildman–Crippen LogP) is 4.70. The van der Waals surface area contributed by atoms with Crippen molar-refractivity contribution in [2.75, 3.05) is 38.8 Å². The van der Waals surface area contributed by atoms with Crippen molar-refractivity contribution < 1.29 is 28.7 Å². The summed E-state index contributed by atoms with van der Waals surface area (Å²) in [6.45, 7) is 0.636. The fourth-order valence-corrected chi connectivity index (χ4v) is 6.11. The van der Waals surface area contributed by atoms with E-state index in [0.29, 0.717) is 35.7 Å². The summed E-state index contributed by atoms with van der Waals surface area (Å²) in [5.41, 5.74) is 1.21. The summed E-state index contributed by atoms with van der Waals surface area (Å²) >= 11 is 6.69. The average Bonchev–Trinajstić information content (AvgIpc) is 2.92.